The van der Waals surface area contributed by atoms with Crippen molar-refractivity contribution in [2.75, 3.05) is 5.32 Å². The number of alkyl carbamates (subject to hydrolysis) is 1. The number of anilines is 1. The smallest absolute Gasteiger partial charge is 0.407 e. The highest BCUT2D eigenvalue weighted by molar-refractivity contribution is 9.10. The fourth-order valence-electron chi connectivity index (χ4n) is 2.93. The van der Waals surface area contributed by atoms with Gasteiger partial charge in [0.15, 0.2) is 0 Å². The number of nitrogens with zero attached hydrogens (tertiary/aromatic N) is 1. The van der Waals surface area contributed by atoms with Crippen LogP contribution >= 0.6 is 15.9 Å². The Hall–Kier alpha value is -1.83. The summed E-state index contributed by atoms with van der Waals surface area (Å²) < 4.78 is 6.07. The summed E-state index contributed by atoms with van der Waals surface area (Å²) >= 11 is 3.35. The predicted octanol–water partition coefficient (Wildman–Crippen LogP) is 4.61. The van der Waals surface area contributed by atoms with Crippen LogP contribution in [0, 0.1) is 10.1 Å². The van der Waals surface area contributed by atoms with E-state index in [4.69, 9.17) is 4.74 Å². The summed E-state index contributed by atoms with van der Waals surface area (Å²) in [4.78, 5) is 22.7. The zero-order chi connectivity index (χ0) is 18.6. The van der Waals surface area contributed by atoms with Crippen molar-refractivity contribution in [2.24, 2.45) is 0 Å². The highest BCUT2D eigenvalue weighted by Crippen LogP contribution is 2.31. The van der Waals surface area contributed by atoms with Crippen molar-refractivity contribution in [1.29, 1.82) is 0 Å². The molecule has 1 saturated carbocycles. The van der Waals surface area contributed by atoms with Gasteiger partial charge in [-0.3, -0.25) is 10.1 Å². The van der Waals surface area contributed by atoms with Gasteiger partial charge in [-0.1, -0.05) is 15.9 Å². The van der Waals surface area contributed by atoms with Crippen molar-refractivity contribution in [3.05, 3.63) is 32.8 Å². The number of carbonyl (C=O) groups excluding carboxylic acids is 1. The molecule has 8 heteroatoms. The molecule has 0 spiro atoms. The predicted molar refractivity (Wildman–Crippen MR) is 99.8 cm³/mol. The molecule has 1 amide bonds. The molecule has 0 aliphatic heterocycles. The minimum Gasteiger partial charge on any atom is -0.444 e. The second kappa shape index (κ2) is 8.03. The molecule has 0 aromatic heterocycles. The van der Waals surface area contributed by atoms with Gasteiger partial charge >= 0.3 is 6.09 Å². The summed E-state index contributed by atoms with van der Waals surface area (Å²) in [5.41, 5.74) is 0.000528. The van der Waals surface area contributed by atoms with E-state index in [0.29, 0.717) is 12.1 Å². The average molecular weight is 414 g/mol. The zero-order valence-corrected chi connectivity index (χ0v) is 16.3. The molecule has 2 unspecified atom stereocenters. The SMILES string of the molecule is CC(C)(C)OC(=O)NC1CCCC(Nc2cc(Br)ccc2[N+](=O)[O-])C1. The molecular formula is C17H24BrN3O4. The van der Waals surface area contributed by atoms with Gasteiger partial charge in [-0.25, -0.2) is 4.79 Å². The summed E-state index contributed by atoms with van der Waals surface area (Å²) in [6, 6.07) is 4.89. The van der Waals surface area contributed by atoms with Gasteiger partial charge in [0.25, 0.3) is 5.69 Å². The van der Waals surface area contributed by atoms with Crippen LogP contribution in [0.15, 0.2) is 22.7 Å². The van der Waals surface area contributed by atoms with Crippen molar-refractivity contribution < 1.29 is 14.5 Å². The number of rotatable bonds is 4. The molecule has 7 nitrogen and oxygen atoms in total. The van der Waals surface area contributed by atoms with Crippen LogP contribution in [-0.2, 0) is 4.74 Å². The maximum Gasteiger partial charge on any atom is 0.407 e. The maximum absolute atomic E-state index is 11.9. The van der Waals surface area contributed by atoms with Crippen molar-refractivity contribution in [3.63, 3.8) is 0 Å². The van der Waals surface area contributed by atoms with E-state index < -0.39 is 16.6 Å². The molecule has 1 aromatic rings. The molecule has 25 heavy (non-hydrogen) atoms. The van der Waals surface area contributed by atoms with Crippen molar-refractivity contribution in [2.45, 2.75) is 64.1 Å². The fourth-order valence-corrected chi connectivity index (χ4v) is 3.29. The van der Waals surface area contributed by atoms with Crippen LogP contribution in [0.2, 0.25) is 0 Å². The average Bonchev–Trinajstić information content (AvgIpc) is 2.45. The van der Waals surface area contributed by atoms with Crippen LogP contribution in [0.4, 0.5) is 16.2 Å². The standard InChI is InChI=1S/C17H24BrN3O4/c1-17(2,3)25-16(22)20-13-6-4-5-12(10-13)19-14-9-11(18)7-8-15(14)21(23)24/h7-9,12-13,19H,4-6,10H2,1-3H3,(H,20,22). The number of nitrogens with one attached hydrogen (secondary N) is 2. The van der Waals surface area contributed by atoms with Gasteiger partial charge in [-0.05, 0) is 58.6 Å². The van der Waals surface area contributed by atoms with Crippen molar-refractivity contribution in [1.82, 2.24) is 5.32 Å². The number of halogens is 1. The molecule has 0 bridgehead atoms. The van der Waals surface area contributed by atoms with Gasteiger partial charge in [0.2, 0.25) is 0 Å². The Morgan fingerprint density at radius 1 is 1.32 bits per heavy atom. The van der Waals surface area contributed by atoms with Gasteiger partial charge < -0.3 is 15.4 Å². The van der Waals surface area contributed by atoms with E-state index in [-0.39, 0.29) is 17.8 Å². The molecule has 1 fully saturated rings. The minimum absolute atomic E-state index is 0.00712. The molecule has 0 radical (unpaired) electrons. The van der Waals surface area contributed by atoms with Gasteiger partial charge in [-0.2, -0.15) is 0 Å². The van der Waals surface area contributed by atoms with Crippen LogP contribution in [0.25, 0.3) is 0 Å². The highest BCUT2D eigenvalue weighted by Gasteiger charge is 2.27. The topological polar surface area (TPSA) is 93.5 Å². The van der Waals surface area contributed by atoms with Crippen LogP contribution < -0.4 is 10.6 Å². The number of amides is 1. The van der Waals surface area contributed by atoms with Crippen LogP contribution in [0.1, 0.15) is 46.5 Å². The third kappa shape index (κ3) is 6.19. The number of nitro benzene ring substituents is 1. The third-order valence-corrected chi connectivity index (χ3v) is 4.40. The molecule has 0 heterocycles. The first-order valence-electron chi connectivity index (χ1n) is 8.34. The maximum atomic E-state index is 11.9. The van der Waals surface area contributed by atoms with E-state index in [2.05, 4.69) is 26.6 Å². The number of ether oxygens (including phenoxy) is 1. The van der Waals surface area contributed by atoms with E-state index in [1.165, 1.54) is 6.07 Å². The fraction of sp³-hybridized carbons (Fsp3) is 0.588. The van der Waals surface area contributed by atoms with E-state index in [1.54, 1.807) is 12.1 Å². The van der Waals surface area contributed by atoms with Gasteiger partial charge in [-0.15, -0.1) is 0 Å². The lowest BCUT2D eigenvalue weighted by Gasteiger charge is -2.31. The Morgan fingerprint density at radius 2 is 2.00 bits per heavy atom. The summed E-state index contributed by atoms with van der Waals surface area (Å²) in [6.07, 6.45) is 2.98. The number of carbonyl (C=O) groups is 1. The van der Waals surface area contributed by atoms with Crippen molar-refractivity contribution >= 4 is 33.4 Å². The molecule has 2 rings (SSSR count). The lowest BCUT2D eigenvalue weighted by molar-refractivity contribution is -0.384. The Morgan fingerprint density at radius 3 is 2.64 bits per heavy atom. The van der Waals surface area contributed by atoms with Crippen molar-refractivity contribution in [3.8, 4) is 0 Å². The number of hydrogen-bond donors (Lipinski definition) is 2. The molecule has 1 aliphatic carbocycles. The first-order chi connectivity index (χ1) is 11.6. The van der Waals surface area contributed by atoms with E-state index in [9.17, 15) is 14.9 Å². The molecule has 138 valence electrons. The minimum atomic E-state index is -0.534. The molecule has 2 N–H and O–H groups in total. The Balaban J connectivity index is 1.99. The first kappa shape index (κ1) is 19.5. The Labute approximate surface area is 155 Å². The number of hydrogen-bond acceptors (Lipinski definition) is 5. The summed E-state index contributed by atoms with van der Waals surface area (Å²) in [7, 11) is 0. The van der Waals surface area contributed by atoms with E-state index >= 15 is 0 Å². The third-order valence-electron chi connectivity index (χ3n) is 3.91. The molecule has 1 aliphatic rings. The summed E-state index contributed by atoms with van der Waals surface area (Å²) in [5.74, 6) is 0. The van der Waals surface area contributed by atoms with Crippen LogP contribution in [0.5, 0.6) is 0 Å². The second-order valence-electron chi connectivity index (χ2n) is 7.27. The largest absolute Gasteiger partial charge is 0.444 e. The highest BCUT2D eigenvalue weighted by atomic mass is 79.9. The Kier molecular flexibility index (Phi) is 6.26. The normalized spacial score (nSPS) is 20.6. The van der Waals surface area contributed by atoms with Gasteiger partial charge in [0, 0.05) is 22.6 Å². The van der Waals surface area contributed by atoms with Crippen LogP contribution in [0.3, 0.4) is 0 Å². The van der Waals surface area contributed by atoms with E-state index in [0.717, 1.165) is 23.7 Å². The van der Waals surface area contributed by atoms with Gasteiger partial charge in [0.05, 0.1) is 4.92 Å². The first-order valence-corrected chi connectivity index (χ1v) is 9.13. The molecule has 1 aromatic carbocycles. The Bertz CT molecular complexity index is 645. The summed E-state index contributed by atoms with van der Waals surface area (Å²) in [5, 5.41) is 17.3. The zero-order valence-electron chi connectivity index (χ0n) is 14.7. The number of nitro groups is 1. The van der Waals surface area contributed by atoms with Gasteiger partial charge in [0.1, 0.15) is 11.3 Å². The van der Waals surface area contributed by atoms with E-state index in [1.807, 2.05) is 20.8 Å². The monoisotopic (exact) mass is 413 g/mol. The molecule has 0 saturated heterocycles. The molecular weight excluding hydrogens is 390 g/mol. The van der Waals surface area contributed by atoms with Crippen LogP contribution in [-0.4, -0.2) is 28.7 Å². The lowest BCUT2D eigenvalue weighted by Crippen LogP contribution is -2.43. The quantitative estimate of drug-likeness (QED) is 0.555. The lowest BCUT2D eigenvalue weighted by atomic mass is 9.91. The number of benzene rings is 1. The molecule has 2 atom stereocenters. The second-order valence-corrected chi connectivity index (χ2v) is 8.19. The summed E-state index contributed by atoms with van der Waals surface area (Å²) in [6.45, 7) is 5.47.